The molecular formula is C25H25N5O8. The Balaban J connectivity index is 1.12. The summed E-state index contributed by atoms with van der Waals surface area (Å²) in [4.78, 5) is 24.6. The van der Waals surface area contributed by atoms with Crippen LogP contribution in [0.3, 0.4) is 0 Å². The van der Waals surface area contributed by atoms with E-state index in [9.17, 15) is 9.59 Å². The number of fused-ring (bicyclic) bond motifs is 2. The van der Waals surface area contributed by atoms with E-state index in [1.165, 1.54) is 6.07 Å². The molecule has 198 valence electrons. The van der Waals surface area contributed by atoms with Crippen molar-refractivity contribution in [3.8, 4) is 22.9 Å². The van der Waals surface area contributed by atoms with Crippen LogP contribution in [0.5, 0.6) is 11.5 Å². The molecule has 2 aromatic carbocycles. The number of carbonyl (C=O) groups excluding carboxylic acids is 2. The van der Waals surface area contributed by atoms with E-state index in [0.29, 0.717) is 41.8 Å². The molecule has 2 fully saturated rings. The van der Waals surface area contributed by atoms with Gasteiger partial charge in [0.05, 0.1) is 25.4 Å². The monoisotopic (exact) mass is 523 g/mol. The molecule has 6 rings (SSSR count). The van der Waals surface area contributed by atoms with Gasteiger partial charge in [0.1, 0.15) is 31.5 Å². The van der Waals surface area contributed by atoms with Crippen LogP contribution >= 0.6 is 0 Å². The van der Waals surface area contributed by atoms with Gasteiger partial charge in [0, 0.05) is 11.3 Å². The average molecular weight is 524 g/mol. The molecule has 0 bridgehead atoms. The van der Waals surface area contributed by atoms with Gasteiger partial charge in [-0.15, -0.1) is 5.10 Å². The van der Waals surface area contributed by atoms with E-state index in [2.05, 4.69) is 20.8 Å². The molecule has 0 unspecified atom stereocenters. The first-order valence-electron chi connectivity index (χ1n) is 12.3. The van der Waals surface area contributed by atoms with Crippen LogP contribution in [0, 0.1) is 0 Å². The number of rotatable bonds is 6. The summed E-state index contributed by atoms with van der Waals surface area (Å²) in [5, 5.41) is 14.9. The smallest absolute Gasteiger partial charge is 0.412 e. The Kier molecular flexibility index (Phi) is 6.52. The van der Waals surface area contributed by atoms with Crippen LogP contribution in [0.25, 0.3) is 11.4 Å². The fraction of sp³-hybridized carbons (Fsp3) is 0.400. The lowest BCUT2D eigenvalue weighted by Crippen LogP contribution is -2.35. The minimum atomic E-state index is -0.688. The lowest BCUT2D eigenvalue weighted by molar-refractivity contribution is 0.00774. The number of tetrazole rings is 1. The number of amides is 1. The summed E-state index contributed by atoms with van der Waals surface area (Å²) in [5.41, 5.74) is 1.49. The molecule has 4 heterocycles. The third-order valence-electron chi connectivity index (χ3n) is 6.47. The van der Waals surface area contributed by atoms with Gasteiger partial charge in [-0.2, -0.15) is 0 Å². The summed E-state index contributed by atoms with van der Waals surface area (Å²) in [6, 6.07) is 11.6. The minimum Gasteiger partial charge on any atom is -0.486 e. The van der Waals surface area contributed by atoms with Gasteiger partial charge in [0.15, 0.2) is 23.4 Å². The number of hydrogen-bond acceptors (Lipinski definition) is 11. The average Bonchev–Trinajstić information content (AvgIpc) is 3.66. The van der Waals surface area contributed by atoms with Gasteiger partial charge in [0.2, 0.25) is 0 Å². The topological polar surface area (TPSA) is 145 Å². The van der Waals surface area contributed by atoms with Gasteiger partial charge in [-0.1, -0.05) is 6.07 Å². The van der Waals surface area contributed by atoms with Gasteiger partial charge in [0.25, 0.3) is 0 Å². The molecule has 1 N–H and O–H groups in total. The van der Waals surface area contributed by atoms with E-state index < -0.39 is 30.4 Å². The second kappa shape index (κ2) is 10.3. The van der Waals surface area contributed by atoms with Crippen LogP contribution in [0.1, 0.15) is 23.3 Å². The number of anilines is 1. The lowest BCUT2D eigenvalue weighted by atomic mass is 10.1. The number of ether oxygens (including phenoxy) is 6. The number of aromatic nitrogens is 4. The number of esters is 1. The zero-order valence-corrected chi connectivity index (χ0v) is 20.4. The van der Waals surface area contributed by atoms with Crippen molar-refractivity contribution in [2.45, 2.75) is 31.3 Å². The number of carbonyl (C=O) groups is 2. The summed E-state index contributed by atoms with van der Waals surface area (Å²) in [5.74, 6) is 1.37. The van der Waals surface area contributed by atoms with E-state index in [1.807, 2.05) is 18.2 Å². The van der Waals surface area contributed by atoms with E-state index in [0.717, 1.165) is 5.56 Å². The minimum absolute atomic E-state index is 0.156. The van der Waals surface area contributed by atoms with Crippen molar-refractivity contribution in [2.24, 2.45) is 0 Å². The Bertz CT molecular complexity index is 1350. The largest absolute Gasteiger partial charge is 0.486 e. The van der Waals surface area contributed by atoms with Crippen molar-refractivity contribution >= 4 is 17.7 Å². The molecule has 0 aliphatic carbocycles. The Labute approximate surface area is 216 Å². The Morgan fingerprint density at radius 3 is 2.76 bits per heavy atom. The molecular weight excluding hydrogens is 498 g/mol. The van der Waals surface area contributed by atoms with E-state index in [4.69, 9.17) is 28.4 Å². The maximum atomic E-state index is 12.6. The molecule has 1 aromatic heterocycles. The molecule has 2 saturated heterocycles. The summed E-state index contributed by atoms with van der Waals surface area (Å²) in [7, 11) is 0. The first kappa shape index (κ1) is 24.1. The number of nitrogens with zero attached hydrogens (tertiary/aromatic N) is 4. The van der Waals surface area contributed by atoms with Crippen molar-refractivity contribution in [3.05, 3.63) is 48.0 Å². The highest BCUT2D eigenvalue weighted by molar-refractivity contribution is 5.92. The van der Waals surface area contributed by atoms with Gasteiger partial charge in [-0.25, -0.2) is 14.3 Å². The normalized spacial score (nSPS) is 23.5. The third kappa shape index (κ3) is 4.61. The van der Waals surface area contributed by atoms with Crippen molar-refractivity contribution < 1.29 is 38.0 Å². The predicted octanol–water partition coefficient (Wildman–Crippen LogP) is 2.24. The molecule has 0 saturated carbocycles. The molecule has 4 atom stereocenters. The summed E-state index contributed by atoms with van der Waals surface area (Å²) in [6.07, 6.45) is -2.23. The molecule has 1 amide bonds. The summed E-state index contributed by atoms with van der Waals surface area (Å²) in [6.45, 7) is 3.39. The van der Waals surface area contributed by atoms with Crippen LogP contribution in [0.15, 0.2) is 42.5 Å². The second-order valence-corrected chi connectivity index (χ2v) is 8.84. The maximum Gasteiger partial charge on any atom is 0.412 e. The second-order valence-electron chi connectivity index (χ2n) is 8.84. The standard InChI is InChI=1S/C25H25N5O8/c1-2-33-24(31)15-4-3-5-16(10-15)26-25(32)38-20-13-37-21-17(12-36-22(20)21)30-23(27-28-29-30)14-6-7-18-19(11-14)35-9-8-34-18/h3-7,10-11,17,20-22H,2,8-9,12-13H2,1H3,(H,26,32)/t17-,20+,21+,22+/m0/s1. The number of hydrogen-bond donors (Lipinski definition) is 1. The quantitative estimate of drug-likeness (QED) is 0.475. The zero-order chi connectivity index (χ0) is 26.1. The Morgan fingerprint density at radius 1 is 1.05 bits per heavy atom. The zero-order valence-electron chi connectivity index (χ0n) is 20.4. The predicted molar refractivity (Wildman–Crippen MR) is 129 cm³/mol. The van der Waals surface area contributed by atoms with Crippen molar-refractivity contribution in [3.63, 3.8) is 0 Å². The lowest BCUT2D eigenvalue weighted by Gasteiger charge is -2.20. The van der Waals surface area contributed by atoms with Gasteiger partial charge in [-0.3, -0.25) is 5.32 Å². The van der Waals surface area contributed by atoms with Crippen LogP contribution < -0.4 is 14.8 Å². The van der Waals surface area contributed by atoms with Crippen LogP contribution in [0.4, 0.5) is 10.5 Å². The molecule has 3 aromatic rings. The van der Waals surface area contributed by atoms with E-state index in [1.54, 1.807) is 29.8 Å². The van der Waals surface area contributed by atoms with E-state index >= 15 is 0 Å². The van der Waals surface area contributed by atoms with Crippen molar-refractivity contribution in [1.82, 2.24) is 20.2 Å². The van der Waals surface area contributed by atoms with Crippen molar-refractivity contribution in [2.75, 3.05) is 38.4 Å². The Morgan fingerprint density at radius 2 is 1.89 bits per heavy atom. The van der Waals surface area contributed by atoms with E-state index in [-0.39, 0.29) is 25.9 Å². The highest BCUT2D eigenvalue weighted by Crippen LogP contribution is 2.38. The highest BCUT2D eigenvalue weighted by Gasteiger charge is 2.51. The fourth-order valence-corrected chi connectivity index (χ4v) is 4.77. The maximum absolute atomic E-state index is 12.6. The van der Waals surface area contributed by atoms with Crippen molar-refractivity contribution in [1.29, 1.82) is 0 Å². The molecule has 13 nitrogen and oxygen atoms in total. The van der Waals surface area contributed by atoms with Gasteiger partial charge >= 0.3 is 12.1 Å². The van der Waals surface area contributed by atoms with Gasteiger partial charge < -0.3 is 28.4 Å². The van der Waals surface area contributed by atoms with Crippen LogP contribution in [-0.4, -0.2) is 83.6 Å². The molecule has 0 spiro atoms. The summed E-state index contributed by atoms with van der Waals surface area (Å²) < 4.78 is 35.5. The first-order chi connectivity index (χ1) is 18.6. The highest BCUT2D eigenvalue weighted by atomic mass is 16.6. The molecule has 0 radical (unpaired) electrons. The van der Waals surface area contributed by atoms with Crippen LogP contribution in [-0.2, 0) is 18.9 Å². The number of benzene rings is 2. The molecule has 3 aliphatic heterocycles. The summed E-state index contributed by atoms with van der Waals surface area (Å²) >= 11 is 0. The molecule has 3 aliphatic rings. The fourth-order valence-electron chi connectivity index (χ4n) is 4.77. The molecule has 38 heavy (non-hydrogen) atoms. The molecule has 13 heteroatoms. The number of nitrogens with one attached hydrogen (secondary N) is 1. The SMILES string of the molecule is CCOC(=O)c1cccc(NC(=O)O[C@@H]2CO[C@H]3[C@@H]2OC[C@@H]3n2nnnc2-c2ccc3c(c2)OCCO3)c1. The first-order valence-corrected chi connectivity index (χ1v) is 12.3. The third-order valence-corrected chi connectivity index (χ3v) is 6.47. The van der Waals surface area contributed by atoms with Gasteiger partial charge in [-0.05, 0) is 53.7 Å². The van der Waals surface area contributed by atoms with Crippen LogP contribution in [0.2, 0.25) is 0 Å². The Hall–Kier alpha value is -4.23.